The number of rotatable bonds is 1. The zero-order chi connectivity index (χ0) is 11.3. The van der Waals surface area contributed by atoms with Gasteiger partial charge in [0.1, 0.15) is 5.82 Å². The molecule has 2 nitrogen and oxygen atoms in total. The molecule has 0 aromatic carbocycles. The first-order valence-electron chi connectivity index (χ1n) is 5.79. The summed E-state index contributed by atoms with van der Waals surface area (Å²) in [4.78, 5) is 11.1. The van der Waals surface area contributed by atoms with E-state index in [9.17, 15) is 0 Å². The van der Waals surface area contributed by atoms with Gasteiger partial charge in [-0.2, -0.15) is 0 Å². The van der Waals surface area contributed by atoms with Crippen LogP contribution < -0.4 is 0 Å². The van der Waals surface area contributed by atoms with Gasteiger partial charge in [-0.1, -0.05) is 13.8 Å². The van der Waals surface area contributed by atoms with Crippen LogP contribution in [0.3, 0.4) is 0 Å². The van der Waals surface area contributed by atoms with Crippen molar-refractivity contribution in [1.82, 2.24) is 9.97 Å². The van der Waals surface area contributed by atoms with Crippen LogP contribution in [-0.2, 0) is 12.8 Å². The standard InChI is InChI=1S/C13H16N2S/c1-7(2)13-14-10-5-9-4-8(3)16-12(9)6-11(10)15-13/h4,7H,5-6H2,1-3H3,(H,14,15). The van der Waals surface area contributed by atoms with E-state index in [2.05, 4.69) is 31.8 Å². The molecule has 0 fully saturated rings. The lowest BCUT2D eigenvalue weighted by atomic mass is 10.00. The molecule has 0 saturated carbocycles. The molecule has 3 rings (SSSR count). The summed E-state index contributed by atoms with van der Waals surface area (Å²) in [6, 6.07) is 2.32. The van der Waals surface area contributed by atoms with E-state index in [4.69, 9.17) is 4.98 Å². The number of aromatic amines is 1. The molecular weight excluding hydrogens is 216 g/mol. The maximum atomic E-state index is 4.71. The monoisotopic (exact) mass is 232 g/mol. The minimum atomic E-state index is 0.491. The highest BCUT2D eigenvalue weighted by Gasteiger charge is 2.21. The van der Waals surface area contributed by atoms with Gasteiger partial charge >= 0.3 is 0 Å². The number of hydrogen-bond donors (Lipinski definition) is 1. The molecule has 1 aliphatic carbocycles. The second-order valence-corrected chi connectivity index (χ2v) is 6.20. The van der Waals surface area contributed by atoms with Crippen molar-refractivity contribution in [2.45, 2.75) is 39.5 Å². The van der Waals surface area contributed by atoms with Crippen molar-refractivity contribution in [3.63, 3.8) is 0 Å². The zero-order valence-electron chi connectivity index (χ0n) is 9.92. The highest BCUT2D eigenvalue weighted by molar-refractivity contribution is 7.12. The molecule has 0 spiro atoms. The number of hydrogen-bond acceptors (Lipinski definition) is 2. The van der Waals surface area contributed by atoms with E-state index in [1.165, 1.54) is 26.7 Å². The van der Waals surface area contributed by atoms with Crippen molar-refractivity contribution in [2.75, 3.05) is 0 Å². The number of fused-ring (bicyclic) bond motifs is 2. The second kappa shape index (κ2) is 3.45. The van der Waals surface area contributed by atoms with Crippen molar-refractivity contribution in [2.24, 2.45) is 0 Å². The van der Waals surface area contributed by atoms with Gasteiger partial charge in [-0.25, -0.2) is 4.98 Å². The van der Waals surface area contributed by atoms with E-state index in [0.29, 0.717) is 5.92 Å². The fourth-order valence-electron chi connectivity index (χ4n) is 2.29. The van der Waals surface area contributed by atoms with E-state index in [0.717, 1.165) is 18.7 Å². The number of aromatic nitrogens is 2. The van der Waals surface area contributed by atoms with E-state index < -0.39 is 0 Å². The Hall–Kier alpha value is -1.09. The first-order valence-corrected chi connectivity index (χ1v) is 6.61. The lowest BCUT2D eigenvalue weighted by molar-refractivity contribution is 0.788. The van der Waals surface area contributed by atoms with Gasteiger partial charge in [-0.15, -0.1) is 11.3 Å². The molecule has 1 N–H and O–H groups in total. The average Bonchev–Trinajstić information content (AvgIpc) is 2.74. The lowest BCUT2D eigenvalue weighted by Crippen LogP contribution is -2.03. The van der Waals surface area contributed by atoms with Crippen LogP contribution in [0.5, 0.6) is 0 Å². The number of aryl methyl sites for hydroxylation is 1. The smallest absolute Gasteiger partial charge is 0.109 e. The summed E-state index contributed by atoms with van der Waals surface area (Å²) in [7, 11) is 0. The summed E-state index contributed by atoms with van der Waals surface area (Å²) in [5.74, 6) is 1.63. The molecule has 3 heteroatoms. The molecule has 0 unspecified atom stereocenters. The van der Waals surface area contributed by atoms with E-state index in [1.807, 2.05) is 11.3 Å². The van der Waals surface area contributed by atoms with Crippen LogP contribution in [0, 0.1) is 6.92 Å². The summed E-state index contributed by atoms with van der Waals surface area (Å²) >= 11 is 1.92. The third kappa shape index (κ3) is 1.50. The quantitative estimate of drug-likeness (QED) is 0.684. The van der Waals surface area contributed by atoms with Crippen LogP contribution in [-0.4, -0.2) is 9.97 Å². The van der Waals surface area contributed by atoms with Gasteiger partial charge in [-0.05, 0) is 18.6 Å². The zero-order valence-corrected chi connectivity index (χ0v) is 10.7. The van der Waals surface area contributed by atoms with Crippen molar-refractivity contribution in [3.8, 4) is 0 Å². The molecule has 84 valence electrons. The second-order valence-electron chi connectivity index (χ2n) is 4.86. The number of nitrogens with zero attached hydrogens (tertiary/aromatic N) is 1. The average molecular weight is 232 g/mol. The van der Waals surface area contributed by atoms with Crippen LogP contribution in [0.25, 0.3) is 0 Å². The van der Waals surface area contributed by atoms with Crippen LogP contribution in [0.2, 0.25) is 0 Å². The molecule has 2 heterocycles. The predicted octanol–water partition coefficient (Wildman–Crippen LogP) is 3.40. The molecule has 0 radical (unpaired) electrons. The number of H-pyrrole nitrogens is 1. The third-order valence-corrected chi connectivity index (χ3v) is 4.24. The fourth-order valence-corrected chi connectivity index (χ4v) is 3.35. The van der Waals surface area contributed by atoms with Gasteiger partial charge in [0.2, 0.25) is 0 Å². The molecule has 2 aromatic heterocycles. The maximum absolute atomic E-state index is 4.71. The Morgan fingerprint density at radius 3 is 2.94 bits per heavy atom. The van der Waals surface area contributed by atoms with Gasteiger partial charge in [0.15, 0.2) is 0 Å². The first kappa shape index (κ1) is 10.1. The summed E-state index contributed by atoms with van der Waals surface area (Å²) < 4.78 is 0. The molecule has 0 aliphatic heterocycles. The summed E-state index contributed by atoms with van der Waals surface area (Å²) in [6.07, 6.45) is 2.06. The lowest BCUT2D eigenvalue weighted by Gasteiger charge is -2.09. The van der Waals surface area contributed by atoms with Crippen LogP contribution in [0.15, 0.2) is 6.07 Å². The molecular formula is C13H16N2S. The molecule has 0 amide bonds. The molecule has 16 heavy (non-hydrogen) atoms. The van der Waals surface area contributed by atoms with Crippen LogP contribution in [0.4, 0.5) is 0 Å². The number of thiophene rings is 1. The minimum absolute atomic E-state index is 0.491. The van der Waals surface area contributed by atoms with Crippen LogP contribution in [0.1, 0.15) is 52.3 Å². The first-order chi connectivity index (χ1) is 7.63. The topological polar surface area (TPSA) is 28.7 Å². The van der Waals surface area contributed by atoms with Crippen LogP contribution >= 0.6 is 11.3 Å². The number of imidazole rings is 1. The van der Waals surface area contributed by atoms with Gasteiger partial charge in [0.25, 0.3) is 0 Å². The van der Waals surface area contributed by atoms with Gasteiger partial charge in [-0.3, -0.25) is 0 Å². The van der Waals surface area contributed by atoms with E-state index in [-0.39, 0.29) is 0 Å². The highest BCUT2D eigenvalue weighted by Crippen LogP contribution is 2.32. The Kier molecular flexibility index (Phi) is 2.18. The largest absolute Gasteiger partial charge is 0.345 e. The fraction of sp³-hybridized carbons (Fsp3) is 0.462. The summed E-state index contributed by atoms with van der Waals surface area (Å²) in [5, 5.41) is 0. The molecule has 1 aliphatic rings. The van der Waals surface area contributed by atoms with Gasteiger partial charge in [0.05, 0.1) is 5.69 Å². The highest BCUT2D eigenvalue weighted by atomic mass is 32.1. The Morgan fingerprint density at radius 1 is 1.38 bits per heavy atom. The Balaban J connectivity index is 2.01. The Bertz CT molecular complexity index is 493. The molecule has 2 aromatic rings. The molecule has 0 bridgehead atoms. The van der Waals surface area contributed by atoms with Crippen molar-refractivity contribution in [1.29, 1.82) is 0 Å². The van der Waals surface area contributed by atoms with Gasteiger partial charge < -0.3 is 4.98 Å². The molecule has 0 atom stereocenters. The Morgan fingerprint density at radius 2 is 2.19 bits per heavy atom. The summed E-state index contributed by atoms with van der Waals surface area (Å²) in [6.45, 7) is 6.55. The summed E-state index contributed by atoms with van der Waals surface area (Å²) in [5.41, 5.74) is 4.08. The minimum Gasteiger partial charge on any atom is -0.345 e. The van der Waals surface area contributed by atoms with Crippen molar-refractivity contribution < 1.29 is 0 Å². The van der Waals surface area contributed by atoms with Crippen molar-refractivity contribution >= 4 is 11.3 Å². The van der Waals surface area contributed by atoms with E-state index in [1.54, 1.807) is 0 Å². The predicted molar refractivity (Wildman–Crippen MR) is 67.3 cm³/mol. The van der Waals surface area contributed by atoms with E-state index >= 15 is 0 Å². The Labute approximate surface area is 99.7 Å². The number of nitrogens with one attached hydrogen (secondary N) is 1. The molecule has 0 saturated heterocycles. The third-order valence-electron chi connectivity index (χ3n) is 3.14. The normalized spacial score (nSPS) is 14.0. The maximum Gasteiger partial charge on any atom is 0.109 e. The van der Waals surface area contributed by atoms with Gasteiger partial charge in [0, 0.05) is 34.2 Å². The SMILES string of the molecule is Cc1cc2c(s1)Cc1nc(C(C)C)[nH]c1C2. The van der Waals surface area contributed by atoms with Crippen molar-refractivity contribution in [3.05, 3.63) is 38.6 Å².